The van der Waals surface area contributed by atoms with Gasteiger partial charge in [0, 0.05) is 12.0 Å². The maximum atomic E-state index is 13.5. The molecule has 2 aromatic rings. The average Bonchev–Trinajstić information content (AvgIpc) is 3.42. The van der Waals surface area contributed by atoms with Crippen molar-refractivity contribution in [2.45, 2.75) is 44.3 Å². The summed E-state index contributed by atoms with van der Waals surface area (Å²) < 4.78 is 6.06. The van der Waals surface area contributed by atoms with Crippen molar-refractivity contribution in [3.63, 3.8) is 0 Å². The molecule has 28 heavy (non-hydrogen) atoms. The number of rotatable bonds is 5. The Morgan fingerprint density at radius 2 is 1.50 bits per heavy atom. The van der Waals surface area contributed by atoms with Crippen LogP contribution in [0.5, 0.6) is 0 Å². The molecule has 3 aliphatic heterocycles. The molecule has 1 unspecified atom stereocenters. The second-order valence-electron chi connectivity index (χ2n) is 8.13. The van der Waals surface area contributed by atoms with Gasteiger partial charge in [0.25, 0.3) is 0 Å². The van der Waals surface area contributed by atoms with Crippen LogP contribution in [0.15, 0.2) is 72.8 Å². The van der Waals surface area contributed by atoms with Crippen LogP contribution in [0.2, 0.25) is 0 Å². The van der Waals surface area contributed by atoms with E-state index in [0.717, 1.165) is 5.56 Å². The molecule has 7 atom stereocenters. The zero-order valence-electron chi connectivity index (χ0n) is 16.2. The van der Waals surface area contributed by atoms with E-state index in [1.54, 1.807) is 0 Å². The van der Waals surface area contributed by atoms with Crippen LogP contribution in [-0.4, -0.2) is 29.2 Å². The predicted octanol–water partition coefficient (Wildman–Crippen LogP) is 3.84. The maximum absolute atomic E-state index is 13.5. The van der Waals surface area contributed by atoms with Crippen molar-refractivity contribution in [2.24, 2.45) is 11.8 Å². The van der Waals surface area contributed by atoms with Crippen molar-refractivity contribution < 1.29 is 9.53 Å². The molecule has 1 amide bonds. The van der Waals surface area contributed by atoms with Crippen molar-refractivity contribution in [3.8, 4) is 0 Å². The Morgan fingerprint density at radius 1 is 0.893 bits per heavy atom. The van der Waals surface area contributed by atoms with E-state index in [1.807, 2.05) is 24.3 Å². The second-order valence-corrected chi connectivity index (χ2v) is 8.13. The summed E-state index contributed by atoms with van der Waals surface area (Å²) in [5.41, 5.74) is 2.39. The minimum atomic E-state index is -0.0818. The molecule has 4 heteroatoms. The number of amides is 1. The van der Waals surface area contributed by atoms with Crippen LogP contribution in [0.4, 0.5) is 0 Å². The van der Waals surface area contributed by atoms with Crippen molar-refractivity contribution in [1.29, 1.82) is 0 Å². The molecule has 2 aromatic carbocycles. The Kier molecular flexibility index (Phi) is 4.33. The van der Waals surface area contributed by atoms with Crippen LogP contribution < -0.4 is 5.32 Å². The molecule has 0 saturated carbocycles. The zero-order chi connectivity index (χ0) is 19.3. The minimum Gasteiger partial charge on any atom is -0.366 e. The first-order valence-electron chi connectivity index (χ1n) is 10.2. The highest BCUT2D eigenvalue weighted by Crippen LogP contribution is 2.49. The number of fused-ring (bicyclic) bond motifs is 5. The summed E-state index contributed by atoms with van der Waals surface area (Å²) in [6.07, 6.45) is 4.09. The SMILES string of the molecule is C[C@H](NC1[C@H]2[C@@H](C(=O)N1[C@@H](C)c1ccccc1)[C@H]1C=C[C@@H]2O1)c1ccccc1. The molecular formula is C24H26N2O2. The number of nitrogens with zero attached hydrogens (tertiary/aromatic N) is 1. The van der Waals surface area contributed by atoms with E-state index in [0.29, 0.717) is 0 Å². The molecule has 0 spiro atoms. The first-order valence-corrected chi connectivity index (χ1v) is 10.2. The summed E-state index contributed by atoms with van der Waals surface area (Å²) in [7, 11) is 0. The number of hydrogen-bond donors (Lipinski definition) is 1. The largest absolute Gasteiger partial charge is 0.366 e. The maximum Gasteiger partial charge on any atom is 0.230 e. The summed E-state index contributed by atoms with van der Waals surface area (Å²) in [6.45, 7) is 4.30. The van der Waals surface area contributed by atoms with E-state index in [1.165, 1.54) is 5.56 Å². The van der Waals surface area contributed by atoms with Gasteiger partial charge in [0.15, 0.2) is 0 Å². The van der Waals surface area contributed by atoms with Gasteiger partial charge in [0.2, 0.25) is 5.91 Å². The fourth-order valence-corrected chi connectivity index (χ4v) is 5.12. The molecular weight excluding hydrogens is 348 g/mol. The van der Waals surface area contributed by atoms with Crippen molar-refractivity contribution in [2.75, 3.05) is 0 Å². The number of hydrogen-bond acceptors (Lipinski definition) is 3. The van der Waals surface area contributed by atoms with Crippen molar-refractivity contribution >= 4 is 5.91 Å². The molecule has 2 fully saturated rings. The summed E-state index contributed by atoms with van der Waals surface area (Å²) in [5, 5.41) is 3.77. The van der Waals surface area contributed by atoms with E-state index in [-0.39, 0.29) is 48.2 Å². The van der Waals surface area contributed by atoms with E-state index < -0.39 is 0 Å². The molecule has 1 N–H and O–H groups in total. The summed E-state index contributed by atoms with van der Waals surface area (Å²) in [6, 6.07) is 20.9. The van der Waals surface area contributed by atoms with Gasteiger partial charge in [-0.1, -0.05) is 72.8 Å². The smallest absolute Gasteiger partial charge is 0.230 e. The van der Waals surface area contributed by atoms with Crippen LogP contribution in [0, 0.1) is 11.8 Å². The molecule has 0 radical (unpaired) electrons. The van der Waals surface area contributed by atoms with Crippen LogP contribution in [-0.2, 0) is 9.53 Å². The van der Waals surface area contributed by atoms with E-state index >= 15 is 0 Å². The van der Waals surface area contributed by atoms with Crippen molar-refractivity contribution in [3.05, 3.63) is 83.9 Å². The van der Waals surface area contributed by atoms with E-state index in [4.69, 9.17) is 4.74 Å². The molecule has 2 bridgehead atoms. The third-order valence-electron chi connectivity index (χ3n) is 6.58. The third-order valence-corrected chi connectivity index (χ3v) is 6.58. The first kappa shape index (κ1) is 17.7. The van der Waals surface area contributed by atoms with Crippen LogP contribution >= 0.6 is 0 Å². The molecule has 3 heterocycles. The lowest BCUT2D eigenvalue weighted by Crippen LogP contribution is -2.49. The molecule has 4 nitrogen and oxygen atoms in total. The van der Waals surface area contributed by atoms with Gasteiger partial charge in [-0.3, -0.25) is 10.1 Å². The third kappa shape index (κ3) is 2.71. The molecule has 0 aromatic heterocycles. The van der Waals surface area contributed by atoms with Gasteiger partial charge in [-0.05, 0) is 25.0 Å². The number of ether oxygens (including phenoxy) is 1. The molecule has 3 aliphatic rings. The van der Waals surface area contributed by atoms with Gasteiger partial charge in [0.05, 0.1) is 30.3 Å². The van der Waals surface area contributed by atoms with Crippen LogP contribution in [0.1, 0.15) is 37.1 Å². The Hall–Kier alpha value is -2.43. The quantitative estimate of drug-likeness (QED) is 0.809. The van der Waals surface area contributed by atoms with Crippen LogP contribution in [0.25, 0.3) is 0 Å². The average molecular weight is 374 g/mol. The molecule has 144 valence electrons. The molecule has 2 saturated heterocycles. The first-order chi connectivity index (χ1) is 13.6. The highest BCUT2D eigenvalue weighted by molar-refractivity contribution is 5.84. The fraction of sp³-hybridized carbons (Fsp3) is 0.375. The Balaban J connectivity index is 1.48. The fourth-order valence-electron chi connectivity index (χ4n) is 5.12. The van der Waals surface area contributed by atoms with Gasteiger partial charge in [-0.2, -0.15) is 0 Å². The second kappa shape index (κ2) is 6.87. The lowest BCUT2D eigenvalue weighted by Gasteiger charge is -2.36. The summed E-state index contributed by atoms with van der Waals surface area (Å²) in [5.74, 6) is 0.275. The van der Waals surface area contributed by atoms with E-state index in [9.17, 15) is 4.79 Å². The number of carbonyl (C=O) groups is 1. The van der Waals surface area contributed by atoms with E-state index in [2.05, 4.69) is 72.6 Å². The lowest BCUT2D eigenvalue weighted by atomic mass is 9.84. The molecule has 5 rings (SSSR count). The number of benzene rings is 2. The van der Waals surface area contributed by atoms with Gasteiger partial charge >= 0.3 is 0 Å². The van der Waals surface area contributed by atoms with Gasteiger partial charge < -0.3 is 9.64 Å². The van der Waals surface area contributed by atoms with Gasteiger partial charge in [-0.25, -0.2) is 0 Å². The summed E-state index contributed by atoms with van der Waals surface area (Å²) in [4.78, 5) is 15.6. The minimum absolute atomic E-state index is 0.0131. The highest BCUT2D eigenvalue weighted by Gasteiger charge is 2.61. The van der Waals surface area contributed by atoms with Gasteiger partial charge in [-0.15, -0.1) is 0 Å². The lowest BCUT2D eigenvalue weighted by molar-refractivity contribution is -0.136. The Bertz CT molecular complexity index is 882. The van der Waals surface area contributed by atoms with Crippen molar-refractivity contribution in [1.82, 2.24) is 10.2 Å². The Morgan fingerprint density at radius 3 is 2.18 bits per heavy atom. The Labute approximate surface area is 166 Å². The number of likely N-dealkylation sites (tertiary alicyclic amines) is 1. The topological polar surface area (TPSA) is 41.6 Å². The number of nitrogens with one attached hydrogen (secondary N) is 1. The normalized spacial score (nSPS) is 32.6. The number of carbonyl (C=O) groups excluding carboxylic acids is 1. The highest BCUT2D eigenvalue weighted by atomic mass is 16.5. The standard InChI is InChI=1S/C24H26N2O2/c1-15(17-9-5-3-6-10-17)25-23-21-19-13-14-20(28-19)22(21)24(27)26(23)16(2)18-11-7-4-8-12-18/h3-16,19-23,25H,1-2H3/t15-,16-,19-,20+,21+,22-,23?/m0/s1. The zero-order valence-corrected chi connectivity index (χ0v) is 16.2. The van der Waals surface area contributed by atoms with Crippen LogP contribution in [0.3, 0.4) is 0 Å². The van der Waals surface area contributed by atoms with Gasteiger partial charge in [0.1, 0.15) is 0 Å². The molecule has 0 aliphatic carbocycles. The summed E-state index contributed by atoms with van der Waals surface area (Å²) >= 11 is 0. The predicted molar refractivity (Wildman–Crippen MR) is 108 cm³/mol. The monoisotopic (exact) mass is 374 g/mol.